The van der Waals surface area contributed by atoms with Gasteiger partial charge in [-0.3, -0.25) is 4.90 Å². The van der Waals surface area contributed by atoms with Gasteiger partial charge in [-0.25, -0.2) is 4.79 Å². The van der Waals surface area contributed by atoms with Crippen LogP contribution >= 0.6 is 15.9 Å². The topological polar surface area (TPSA) is 66.6 Å². The fourth-order valence-electron chi connectivity index (χ4n) is 3.15. The Labute approximate surface area is 134 Å². The molecule has 1 fully saturated rings. The quantitative estimate of drug-likeness (QED) is 0.787. The maximum absolute atomic E-state index is 11.3. The van der Waals surface area contributed by atoms with Crippen LogP contribution in [0.15, 0.2) is 16.6 Å². The number of anilines is 1. The molecule has 0 radical (unpaired) electrons. The summed E-state index contributed by atoms with van der Waals surface area (Å²) in [5.41, 5.74) is 7.52. The molecule has 21 heavy (non-hydrogen) atoms. The van der Waals surface area contributed by atoms with Gasteiger partial charge >= 0.3 is 5.97 Å². The standard InChI is InChI=1S/C16H23BrN2O2/c1-2-19(13-6-4-3-5-7-13)10-11-8-12(17)9-14(15(11)18)16(20)21/h8-9,13H,2-7,10,18H2,1H3,(H,20,21). The van der Waals surface area contributed by atoms with Crippen LogP contribution < -0.4 is 5.73 Å². The van der Waals surface area contributed by atoms with E-state index in [-0.39, 0.29) is 5.56 Å². The minimum atomic E-state index is -0.976. The number of aromatic carboxylic acids is 1. The van der Waals surface area contributed by atoms with Gasteiger partial charge in [-0.2, -0.15) is 0 Å². The Kier molecular flexibility index (Phi) is 5.65. The van der Waals surface area contributed by atoms with E-state index in [0.717, 1.165) is 16.6 Å². The van der Waals surface area contributed by atoms with Crippen molar-refractivity contribution in [3.8, 4) is 0 Å². The number of nitrogens with two attached hydrogens (primary N) is 1. The maximum atomic E-state index is 11.3. The molecule has 0 heterocycles. The Balaban J connectivity index is 2.22. The summed E-state index contributed by atoms with van der Waals surface area (Å²) in [4.78, 5) is 13.7. The molecule has 3 N–H and O–H groups in total. The molecule has 1 aliphatic carbocycles. The molecule has 0 saturated heterocycles. The predicted octanol–water partition coefficient (Wildman–Crippen LogP) is 3.88. The van der Waals surface area contributed by atoms with Crippen molar-refractivity contribution in [3.05, 3.63) is 27.7 Å². The minimum absolute atomic E-state index is 0.180. The molecule has 0 bridgehead atoms. The Morgan fingerprint density at radius 2 is 2.05 bits per heavy atom. The van der Waals surface area contributed by atoms with Crippen LogP contribution in [-0.2, 0) is 6.54 Å². The zero-order chi connectivity index (χ0) is 15.4. The molecule has 0 spiro atoms. The van der Waals surface area contributed by atoms with Crippen LogP contribution in [0.2, 0.25) is 0 Å². The van der Waals surface area contributed by atoms with E-state index in [9.17, 15) is 9.90 Å². The van der Waals surface area contributed by atoms with E-state index in [4.69, 9.17) is 5.73 Å². The molecule has 0 amide bonds. The third-order valence-electron chi connectivity index (χ3n) is 4.33. The molecule has 0 aliphatic heterocycles. The Bertz CT molecular complexity index is 513. The van der Waals surface area contributed by atoms with Crippen molar-refractivity contribution >= 4 is 27.6 Å². The summed E-state index contributed by atoms with van der Waals surface area (Å²) < 4.78 is 0.767. The number of benzene rings is 1. The molecule has 5 heteroatoms. The van der Waals surface area contributed by atoms with Gasteiger partial charge in [0, 0.05) is 17.1 Å². The molecule has 1 aromatic carbocycles. The van der Waals surface area contributed by atoms with Crippen molar-refractivity contribution < 1.29 is 9.90 Å². The van der Waals surface area contributed by atoms with E-state index in [1.54, 1.807) is 6.07 Å². The first-order valence-corrected chi connectivity index (χ1v) is 8.37. The summed E-state index contributed by atoms with van der Waals surface area (Å²) in [7, 11) is 0. The highest BCUT2D eigenvalue weighted by atomic mass is 79.9. The number of carboxylic acids is 1. The molecule has 1 aromatic rings. The third kappa shape index (κ3) is 3.98. The largest absolute Gasteiger partial charge is 0.478 e. The van der Waals surface area contributed by atoms with Crippen LogP contribution in [0.1, 0.15) is 54.9 Å². The van der Waals surface area contributed by atoms with E-state index in [0.29, 0.717) is 18.3 Å². The number of halogens is 1. The lowest BCUT2D eigenvalue weighted by Gasteiger charge is -2.34. The molecule has 0 aromatic heterocycles. The summed E-state index contributed by atoms with van der Waals surface area (Å²) in [5, 5.41) is 9.24. The van der Waals surface area contributed by atoms with Gasteiger partial charge in [0.2, 0.25) is 0 Å². The smallest absolute Gasteiger partial charge is 0.337 e. The van der Waals surface area contributed by atoms with Gasteiger partial charge < -0.3 is 10.8 Å². The Morgan fingerprint density at radius 1 is 1.38 bits per heavy atom. The normalized spacial score (nSPS) is 16.3. The van der Waals surface area contributed by atoms with Crippen LogP contribution in [0.5, 0.6) is 0 Å². The second-order valence-electron chi connectivity index (χ2n) is 5.69. The van der Waals surface area contributed by atoms with Gasteiger partial charge in [-0.15, -0.1) is 0 Å². The number of carboxylic acid groups (broad SMARTS) is 1. The second kappa shape index (κ2) is 7.27. The summed E-state index contributed by atoms with van der Waals surface area (Å²) in [6.45, 7) is 3.83. The molecule has 1 aliphatic rings. The first kappa shape index (κ1) is 16.3. The van der Waals surface area contributed by atoms with E-state index in [2.05, 4.69) is 27.8 Å². The van der Waals surface area contributed by atoms with E-state index in [1.807, 2.05) is 6.07 Å². The van der Waals surface area contributed by atoms with Crippen LogP contribution in [0.25, 0.3) is 0 Å². The van der Waals surface area contributed by atoms with Crippen molar-refractivity contribution in [2.45, 2.75) is 51.6 Å². The lowest BCUT2D eigenvalue weighted by molar-refractivity contribution is 0.0697. The predicted molar refractivity (Wildman–Crippen MR) is 88.5 cm³/mol. The van der Waals surface area contributed by atoms with Crippen molar-refractivity contribution in [1.82, 2.24) is 4.90 Å². The van der Waals surface area contributed by atoms with E-state index in [1.165, 1.54) is 32.1 Å². The van der Waals surface area contributed by atoms with Crippen molar-refractivity contribution in [1.29, 1.82) is 0 Å². The van der Waals surface area contributed by atoms with Gasteiger partial charge in [0.15, 0.2) is 0 Å². The number of hydrogen-bond acceptors (Lipinski definition) is 3. The summed E-state index contributed by atoms with van der Waals surface area (Å²) >= 11 is 3.39. The molecule has 1 saturated carbocycles. The Hall–Kier alpha value is -1.07. The van der Waals surface area contributed by atoms with Gasteiger partial charge in [0.1, 0.15) is 0 Å². The van der Waals surface area contributed by atoms with Gasteiger partial charge in [0.05, 0.1) is 11.3 Å². The Morgan fingerprint density at radius 3 is 2.62 bits per heavy atom. The average molecular weight is 355 g/mol. The number of carbonyl (C=O) groups is 1. The minimum Gasteiger partial charge on any atom is -0.478 e. The highest BCUT2D eigenvalue weighted by Crippen LogP contribution is 2.28. The zero-order valence-electron chi connectivity index (χ0n) is 12.4. The SMILES string of the molecule is CCN(Cc1cc(Br)cc(C(=O)O)c1N)C1CCCCC1. The molecule has 0 atom stereocenters. The monoisotopic (exact) mass is 354 g/mol. The maximum Gasteiger partial charge on any atom is 0.337 e. The van der Waals surface area contributed by atoms with Gasteiger partial charge in [-0.05, 0) is 37.1 Å². The first-order chi connectivity index (χ1) is 10.0. The highest BCUT2D eigenvalue weighted by Gasteiger charge is 2.22. The van der Waals surface area contributed by atoms with Crippen LogP contribution in [0, 0.1) is 0 Å². The van der Waals surface area contributed by atoms with Crippen LogP contribution in [0.3, 0.4) is 0 Å². The van der Waals surface area contributed by atoms with Crippen molar-refractivity contribution in [3.63, 3.8) is 0 Å². The lowest BCUT2D eigenvalue weighted by Crippen LogP contribution is -2.36. The summed E-state index contributed by atoms with van der Waals surface area (Å²) in [6.07, 6.45) is 6.36. The van der Waals surface area contributed by atoms with E-state index < -0.39 is 5.97 Å². The molecule has 2 rings (SSSR count). The molecule has 116 valence electrons. The zero-order valence-corrected chi connectivity index (χ0v) is 14.0. The number of nitrogens with zero attached hydrogens (tertiary/aromatic N) is 1. The fraction of sp³-hybridized carbons (Fsp3) is 0.562. The van der Waals surface area contributed by atoms with E-state index >= 15 is 0 Å². The first-order valence-electron chi connectivity index (χ1n) is 7.58. The van der Waals surface area contributed by atoms with Crippen LogP contribution in [0.4, 0.5) is 5.69 Å². The van der Waals surface area contributed by atoms with Crippen LogP contribution in [-0.4, -0.2) is 28.6 Å². The highest BCUT2D eigenvalue weighted by molar-refractivity contribution is 9.10. The molecular weight excluding hydrogens is 332 g/mol. The average Bonchev–Trinajstić information content (AvgIpc) is 2.48. The van der Waals surface area contributed by atoms with Gasteiger partial charge in [0.25, 0.3) is 0 Å². The molecule has 4 nitrogen and oxygen atoms in total. The molecule has 0 unspecified atom stereocenters. The molecular formula is C16H23BrN2O2. The van der Waals surface area contributed by atoms with Gasteiger partial charge in [-0.1, -0.05) is 42.1 Å². The number of nitrogen functional groups attached to an aromatic ring is 1. The summed E-state index contributed by atoms with van der Waals surface area (Å²) in [6, 6.07) is 4.10. The fourth-order valence-corrected chi connectivity index (χ4v) is 3.65. The number of rotatable bonds is 5. The lowest BCUT2D eigenvalue weighted by atomic mass is 9.93. The third-order valence-corrected chi connectivity index (χ3v) is 4.79. The van der Waals surface area contributed by atoms with Crippen molar-refractivity contribution in [2.75, 3.05) is 12.3 Å². The summed E-state index contributed by atoms with van der Waals surface area (Å²) in [5.74, 6) is -0.976. The van der Waals surface area contributed by atoms with Crippen molar-refractivity contribution in [2.24, 2.45) is 0 Å². The number of hydrogen-bond donors (Lipinski definition) is 2. The second-order valence-corrected chi connectivity index (χ2v) is 6.60.